The van der Waals surface area contributed by atoms with Crippen molar-refractivity contribution in [2.45, 2.75) is 26.3 Å². The molecule has 0 heterocycles. The Kier molecular flexibility index (Phi) is 6.76. The summed E-state index contributed by atoms with van der Waals surface area (Å²) in [4.78, 5) is 11.3. The number of carbonyl (C=O) groups is 1. The van der Waals surface area contributed by atoms with Crippen LogP contribution in [-0.2, 0) is 9.53 Å². The Morgan fingerprint density at radius 3 is 2.71 bits per heavy atom. The van der Waals surface area contributed by atoms with Gasteiger partial charge in [0.2, 0.25) is 0 Å². The standard InChI is InChI=1S/C11H19NO2/c1-5-7-10(12-4)8-9(3)11(13)14-6-2/h5,8,10,12H,1,6-7H2,2-4H3/b9-8+/t10-/m0/s1. The molecule has 0 spiro atoms. The van der Waals surface area contributed by atoms with Crippen LogP contribution in [0.3, 0.4) is 0 Å². The van der Waals surface area contributed by atoms with Gasteiger partial charge in [0.25, 0.3) is 0 Å². The summed E-state index contributed by atoms with van der Waals surface area (Å²) in [5.41, 5.74) is 0.632. The molecule has 0 bridgehead atoms. The summed E-state index contributed by atoms with van der Waals surface area (Å²) in [5.74, 6) is -0.253. The molecule has 0 aliphatic carbocycles. The third-order valence-electron chi connectivity index (χ3n) is 1.84. The monoisotopic (exact) mass is 197 g/mol. The highest BCUT2D eigenvalue weighted by Gasteiger charge is 2.07. The van der Waals surface area contributed by atoms with E-state index in [4.69, 9.17) is 4.74 Å². The van der Waals surface area contributed by atoms with E-state index in [1.165, 1.54) is 0 Å². The summed E-state index contributed by atoms with van der Waals surface area (Å²) >= 11 is 0. The van der Waals surface area contributed by atoms with Crippen LogP contribution in [0.15, 0.2) is 24.3 Å². The minimum absolute atomic E-state index is 0.150. The molecule has 0 rings (SSSR count). The average Bonchev–Trinajstić information content (AvgIpc) is 2.17. The first-order chi connectivity index (χ1) is 6.65. The van der Waals surface area contributed by atoms with Gasteiger partial charge in [-0.05, 0) is 27.3 Å². The lowest BCUT2D eigenvalue weighted by atomic mass is 10.1. The zero-order chi connectivity index (χ0) is 11.0. The minimum atomic E-state index is -0.253. The Morgan fingerprint density at radius 1 is 1.64 bits per heavy atom. The highest BCUT2D eigenvalue weighted by molar-refractivity contribution is 5.87. The first kappa shape index (κ1) is 12.9. The summed E-state index contributed by atoms with van der Waals surface area (Å²) in [7, 11) is 1.85. The number of hydrogen-bond donors (Lipinski definition) is 1. The van der Waals surface area contributed by atoms with Crippen LogP contribution in [0.1, 0.15) is 20.3 Å². The second-order valence-electron chi connectivity index (χ2n) is 2.99. The molecule has 0 aliphatic heterocycles. The van der Waals surface area contributed by atoms with Crippen LogP contribution in [-0.4, -0.2) is 25.7 Å². The molecular formula is C11H19NO2. The van der Waals surface area contributed by atoms with Gasteiger partial charge in [0.05, 0.1) is 6.61 Å². The summed E-state index contributed by atoms with van der Waals surface area (Å²) in [6.07, 6.45) is 4.48. The smallest absolute Gasteiger partial charge is 0.333 e. The maximum absolute atomic E-state index is 11.3. The van der Waals surface area contributed by atoms with E-state index in [0.717, 1.165) is 6.42 Å². The van der Waals surface area contributed by atoms with E-state index in [-0.39, 0.29) is 12.0 Å². The molecule has 80 valence electrons. The number of likely N-dealkylation sites (N-methyl/N-ethyl adjacent to an activating group) is 1. The van der Waals surface area contributed by atoms with E-state index >= 15 is 0 Å². The number of carbonyl (C=O) groups excluding carboxylic acids is 1. The number of hydrogen-bond acceptors (Lipinski definition) is 3. The zero-order valence-corrected chi connectivity index (χ0v) is 9.17. The van der Waals surface area contributed by atoms with Crippen LogP contribution < -0.4 is 5.32 Å². The molecule has 0 saturated carbocycles. The zero-order valence-electron chi connectivity index (χ0n) is 9.17. The molecule has 0 fully saturated rings. The van der Waals surface area contributed by atoms with E-state index in [1.54, 1.807) is 13.8 Å². The van der Waals surface area contributed by atoms with Crippen LogP contribution in [0.25, 0.3) is 0 Å². The Bertz CT molecular complexity index is 221. The molecule has 0 unspecified atom stereocenters. The van der Waals surface area contributed by atoms with Crippen LogP contribution in [0.5, 0.6) is 0 Å². The second-order valence-corrected chi connectivity index (χ2v) is 2.99. The largest absolute Gasteiger partial charge is 0.463 e. The molecule has 14 heavy (non-hydrogen) atoms. The van der Waals surface area contributed by atoms with Gasteiger partial charge in [-0.15, -0.1) is 6.58 Å². The topological polar surface area (TPSA) is 38.3 Å². The lowest BCUT2D eigenvalue weighted by Gasteiger charge is -2.10. The number of nitrogens with one attached hydrogen (secondary N) is 1. The van der Waals surface area contributed by atoms with Crippen molar-refractivity contribution >= 4 is 5.97 Å². The highest BCUT2D eigenvalue weighted by atomic mass is 16.5. The van der Waals surface area contributed by atoms with Crippen molar-refractivity contribution in [3.8, 4) is 0 Å². The number of rotatable bonds is 6. The number of ether oxygens (including phenoxy) is 1. The fourth-order valence-electron chi connectivity index (χ4n) is 1.06. The average molecular weight is 197 g/mol. The van der Waals surface area contributed by atoms with Crippen molar-refractivity contribution in [2.75, 3.05) is 13.7 Å². The normalized spacial score (nSPS) is 13.5. The Morgan fingerprint density at radius 2 is 2.29 bits per heavy atom. The predicted octanol–water partition coefficient (Wildman–Crippen LogP) is 1.66. The van der Waals surface area contributed by atoms with Crippen molar-refractivity contribution in [1.82, 2.24) is 5.32 Å². The third kappa shape index (κ3) is 4.82. The molecule has 3 heteroatoms. The quantitative estimate of drug-likeness (QED) is 0.400. The van der Waals surface area contributed by atoms with Crippen molar-refractivity contribution in [3.05, 3.63) is 24.3 Å². The molecular weight excluding hydrogens is 178 g/mol. The SMILES string of the molecule is C=CC[C@@H](/C=C(\C)C(=O)OCC)NC. The van der Waals surface area contributed by atoms with Gasteiger partial charge >= 0.3 is 5.97 Å². The molecule has 3 nitrogen and oxygen atoms in total. The Hall–Kier alpha value is -1.09. The van der Waals surface area contributed by atoms with E-state index < -0.39 is 0 Å². The molecule has 1 N–H and O–H groups in total. The molecule has 0 aliphatic rings. The summed E-state index contributed by atoms with van der Waals surface area (Å²) in [6, 6.07) is 0.150. The van der Waals surface area contributed by atoms with Crippen LogP contribution in [0, 0.1) is 0 Å². The van der Waals surface area contributed by atoms with Gasteiger partial charge in [0.1, 0.15) is 0 Å². The lowest BCUT2D eigenvalue weighted by molar-refractivity contribution is -0.138. The third-order valence-corrected chi connectivity index (χ3v) is 1.84. The van der Waals surface area contributed by atoms with Crippen LogP contribution >= 0.6 is 0 Å². The molecule has 0 aromatic rings. The molecule has 0 saturated heterocycles. The number of esters is 1. The van der Waals surface area contributed by atoms with Crippen molar-refractivity contribution in [3.63, 3.8) is 0 Å². The maximum atomic E-state index is 11.3. The first-order valence-corrected chi connectivity index (χ1v) is 4.79. The summed E-state index contributed by atoms with van der Waals surface area (Å²) in [5, 5.41) is 3.08. The fraction of sp³-hybridized carbons (Fsp3) is 0.545. The van der Waals surface area contributed by atoms with Crippen LogP contribution in [0.4, 0.5) is 0 Å². The first-order valence-electron chi connectivity index (χ1n) is 4.79. The van der Waals surface area contributed by atoms with Crippen molar-refractivity contribution < 1.29 is 9.53 Å². The Labute approximate surface area is 85.8 Å². The van der Waals surface area contributed by atoms with E-state index in [9.17, 15) is 4.79 Å². The van der Waals surface area contributed by atoms with Gasteiger partial charge in [-0.3, -0.25) is 0 Å². The van der Waals surface area contributed by atoms with Crippen LogP contribution in [0.2, 0.25) is 0 Å². The van der Waals surface area contributed by atoms with Gasteiger partial charge in [0, 0.05) is 11.6 Å². The second kappa shape index (κ2) is 7.33. The summed E-state index contributed by atoms with van der Waals surface area (Å²) in [6.45, 7) is 7.62. The van der Waals surface area contributed by atoms with Gasteiger partial charge in [-0.25, -0.2) is 4.79 Å². The summed E-state index contributed by atoms with van der Waals surface area (Å²) < 4.78 is 4.87. The molecule has 0 aromatic carbocycles. The Balaban J connectivity index is 4.30. The molecule has 0 aromatic heterocycles. The molecule has 0 amide bonds. The minimum Gasteiger partial charge on any atom is -0.463 e. The van der Waals surface area contributed by atoms with E-state index in [2.05, 4.69) is 11.9 Å². The van der Waals surface area contributed by atoms with Crippen molar-refractivity contribution in [1.29, 1.82) is 0 Å². The molecule has 0 radical (unpaired) electrons. The van der Waals surface area contributed by atoms with Gasteiger partial charge < -0.3 is 10.1 Å². The van der Waals surface area contributed by atoms with E-state index in [1.807, 2.05) is 19.2 Å². The molecule has 1 atom stereocenters. The van der Waals surface area contributed by atoms with E-state index in [0.29, 0.717) is 12.2 Å². The lowest BCUT2D eigenvalue weighted by Crippen LogP contribution is -2.23. The predicted molar refractivity (Wildman–Crippen MR) is 58.1 cm³/mol. The van der Waals surface area contributed by atoms with Gasteiger partial charge in [-0.1, -0.05) is 12.2 Å². The highest BCUT2D eigenvalue weighted by Crippen LogP contribution is 2.02. The van der Waals surface area contributed by atoms with Crippen molar-refractivity contribution in [2.24, 2.45) is 0 Å². The fourth-order valence-corrected chi connectivity index (χ4v) is 1.06. The maximum Gasteiger partial charge on any atom is 0.333 e. The van der Waals surface area contributed by atoms with Gasteiger partial charge in [-0.2, -0.15) is 0 Å². The van der Waals surface area contributed by atoms with Gasteiger partial charge in [0.15, 0.2) is 0 Å².